The second kappa shape index (κ2) is 5.29. The highest BCUT2D eigenvalue weighted by molar-refractivity contribution is 5.91. The number of hydrogen-bond acceptors (Lipinski definition) is 4. The van der Waals surface area contributed by atoms with Crippen molar-refractivity contribution in [2.24, 2.45) is 0 Å². The number of aromatic nitrogens is 1. The molecule has 6 heteroatoms. The van der Waals surface area contributed by atoms with Gasteiger partial charge >= 0.3 is 5.97 Å². The first-order valence-electron chi connectivity index (χ1n) is 4.95. The number of hydrogen-bond donors (Lipinski definition) is 2. The summed E-state index contributed by atoms with van der Waals surface area (Å²) in [5, 5.41) is 14.7. The molecule has 1 amide bonds. The first-order valence-corrected chi connectivity index (χ1v) is 4.95. The summed E-state index contributed by atoms with van der Waals surface area (Å²) in [5.41, 5.74) is 0.628. The van der Waals surface area contributed by atoms with Gasteiger partial charge in [0.25, 0.3) is 5.91 Å². The predicted octanol–water partition coefficient (Wildman–Crippen LogP) is 0.966. The minimum atomic E-state index is -0.878. The second-order valence-electron chi connectivity index (χ2n) is 3.64. The maximum absolute atomic E-state index is 11.5. The fourth-order valence-corrected chi connectivity index (χ4v) is 1.18. The van der Waals surface area contributed by atoms with Gasteiger partial charge in [-0.2, -0.15) is 0 Å². The van der Waals surface area contributed by atoms with Crippen LogP contribution in [0.2, 0.25) is 0 Å². The number of aliphatic carboxylic acids is 1. The van der Waals surface area contributed by atoms with Crippen molar-refractivity contribution in [1.82, 2.24) is 10.5 Å². The molecule has 0 saturated heterocycles. The van der Waals surface area contributed by atoms with Gasteiger partial charge in [0.05, 0.1) is 5.69 Å². The van der Waals surface area contributed by atoms with Crippen LogP contribution in [0.1, 0.15) is 36.0 Å². The monoisotopic (exact) mass is 226 g/mol. The van der Waals surface area contributed by atoms with Crippen molar-refractivity contribution in [3.8, 4) is 0 Å². The molecule has 1 atom stereocenters. The van der Waals surface area contributed by atoms with Gasteiger partial charge in [-0.25, -0.2) is 0 Å². The van der Waals surface area contributed by atoms with Crippen LogP contribution < -0.4 is 5.32 Å². The molecular weight excluding hydrogens is 212 g/mol. The summed E-state index contributed by atoms with van der Waals surface area (Å²) in [6.07, 6.45) is 0.408. The van der Waals surface area contributed by atoms with Gasteiger partial charge in [0.2, 0.25) is 5.76 Å². The van der Waals surface area contributed by atoms with E-state index in [0.717, 1.165) is 0 Å². The van der Waals surface area contributed by atoms with E-state index in [1.165, 1.54) is 6.07 Å². The van der Waals surface area contributed by atoms with Gasteiger partial charge in [-0.1, -0.05) is 5.16 Å². The Morgan fingerprint density at radius 3 is 2.81 bits per heavy atom. The quantitative estimate of drug-likeness (QED) is 0.780. The second-order valence-corrected chi connectivity index (χ2v) is 3.64. The molecule has 1 heterocycles. The lowest BCUT2D eigenvalue weighted by Gasteiger charge is -2.10. The van der Waals surface area contributed by atoms with E-state index in [1.54, 1.807) is 13.8 Å². The number of carboxylic acid groups (broad SMARTS) is 1. The highest BCUT2D eigenvalue weighted by Crippen LogP contribution is 2.03. The fourth-order valence-electron chi connectivity index (χ4n) is 1.18. The van der Waals surface area contributed by atoms with Crippen LogP contribution in [0.25, 0.3) is 0 Å². The van der Waals surface area contributed by atoms with Crippen molar-refractivity contribution < 1.29 is 19.2 Å². The zero-order valence-corrected chi connectivity index (χ0v) is 9.19. The lowest BCUT2D eigenvalue weighted by Crippen LogP contribution is -2.32. The molecule has 0 aliphatic rings. The Balaban J connectivity index is 2.42. The molecule has 0 aliphatic heterocycles. The summed E-state index contributed by atoms with van der Waals surface area (Å²) in [5.74, 6) is -1.12. The Bertz CT molecular complexity index is 386. The largest absolute Gasteiger partial charge is 0.481 e. The molecule has 1 unspecified atom stereocenters. The number of amides is 1. The zero-order valence-electron chi connectivity index (χ0n) is 9.19. The molecule has 16 heavy (non-hydrogen) atoms. The average Bonchev–Trinajstić information content (AvgIpc) is 2.62. The SMILES string of the molecule is Cc1cc(C(=O)NC(C)CCC(=O)O)on1. The third-order valence-corrected chi connectivity index (χ3v) is 2.02. The molecule has 1 aromatic heterocycles. The van der Waals surface area contributed by atoms with Crippen LogP contribution in [0.15, 0.2) is 10.6 Å². The van der Waals surface area contributed by atoms with E-state index >= 15 is 0 Å². The number of carbonyl (C=O) groups excluding carboxylic acids is 1. The minimum Gasteiger partial charge on any atom is -0.481 e. The van der Waals surface area contributed by atoms with Crippen LogP contribution in [0, 0.1) is 6.92 Å². The summed E-state index contributed by atoms with van der Waals surface area (Å²) < 4.78 is 4.77. The van der Waals surface area contributed by atoms with Crippen LogP contribution >= 0.6 is 0 Å². The lowest BCUT2D eigenvalue weighted by atomic mass is 10.2. The topological polar surface area (TPSA) is 92.4 Å². The number of nitrogens with zero attached hydrogens (tertiary/aromatic N) is 1. The van der Waals surface area contributed by atoms with Gasteiger partial charge in [0.1, 0.15) is 0 Å². The molecule has 0 spiro atoms. The molecule has 0 fully saturated rings. The van der Waals surface area contributed by atoms with Crippen LogP contribution in [0.3, 0.4) is 0 Å². The Kier molecular flexibility index (Phi) is 4.04. The molecule has 1 aromatic rings. The third-order valence-electron chi connectivity index (χ3n) is 2.02. The number of nitrogens with one attached hydrogen (secondary N) is 1. The summed E-state index contributed by atoms with van der Waals surface area (Å²) in [4.78, 5) is 21.8. The summed E-state index contributed by atoms with van der Waals surface area (Å²) in [7, 11) is 0. The molecule has 2 N–H and O–H groups in total. The smallest absolute Gasteiger partial charge is 0.303 e. The highest BCUT2D eigenvalue weighted by atomic mass is 16.5. The third kappa shape index (κ3) is 3.72. The number of carboxylic acids is 1. The van der Waals surface area contributed by atoms with Gasteiger partial charge in [-0.05, 0) is 20.3 Å². The highest BCUT2D eigenvalue weighted by Gasteiger charge is 2.14. The van der Waals surface area contributed by atoms with Gasteiger partial charge in [0.15, 0.2) is 0 Å². The van der Waals surface area contributed by atoms with Crippen LogP contribution in [-0.4, -0.2) is 28.2 Å². The summed E-state index contributed by atoms with van der Waals surface area (Å²) in [6.45, 7) is 3.46. The van der Waals surface area contributed by atoms with Gasteiger partial charge in [-0.3, -0.25) is 9.59 Å². The Labute approximate surface area is 92.6 Å². The zero-order chi connectivity index (χ0) is 12.1. The van der Waals surface area contributed by atoms with Crippen molar-refractivity contribution in [3.05, 3.63) is 17.5 Å². The van der Waals surface area contributed by atoms with E-state index in [4.69, 9.17) is 9.63 Å². The molecule has 0 saturated carbocycles. The van der Waals surface area contributed by atoms with E-state index in [2.05, 4.69) is 10.5 Å². The Morgan fingerprint density at radius 2 is 2.31 bits per heavy atom. The van der Waals surface area contributed by atoms with Crippen LogP contribution in [-0.2, 0) is 4.79 Å². The number of aryl methyl sites for hydroxylation is 1. The Hall–Kier alpha value is -1.85. The van der Waals surface area contributed by atoms with Crippen molar-refractivity contribution in [1.29, 1.82) is 0 Å². The number of carbonyl (C=O) groups is 2. The maximum atomic E-state index is 11.5. The average molecular weight is 226 g/mol. The van der Waals surface area contributed by atoms with Crippen LogP contribution in [0.4, 0.5) is 0 Å². The molecule has 88 valence electrons. The standard InChI is InChI=1S/C10H14N2O4/c1-6(3-4-9(13)14)11-10(15)8-5-7(2)12-16-8/h5-6H,3-4H2,1-2H3,(H,11,15)(H,13,14). The van der Waals surface area contributed by atoms with E-state index in [1.807, 2.05) is 0 Å². The molecule has 0 aromatic carbocycles. The van der Waals surface area contributed by atoms with Crippen molar-refractivity contribution in [2.75, 3.05) is 0 Å². The van der Waals surface area contributed by atoms with Crippen molar-refractivity contribution >= 4 is 11.9 Å². The lowest BCUT2D eigenvalue weighted by molar-refractivity contribution is -0.137. The first kappa shape index (κ1) is 12.2. The summed E-state index contributed by atoms with van der Waals surface area (Å²) >= 11 is 0. The Morgan fingerprint density at radius 1 is 1.62 bits per heavy atom. The molecule has 0 aliphatic carbocycles. The predicted molar refractivity (Wildman–Crippen MR) is 55.0 cm³/mol. The normalized spacial score (nSPS) is 12.1. The molecule has 6 nitrogen and oxygen atoms in total. The van der Waals surface area contributed by atoms with Crippen LogP contribution in [0.5, 0.6) is 0 Å². The first-order chi connectivity index (χ1) is 7.49. The molecular formula is C10H14N2O4. The van der Waals surface area contributed by atoms with E-state index in [0.29, 0.717) is 12.1 Å². The van der Waals surface area contributed by atoms with Crippen molar-refractivity contribution in [3.63, 3.8) is 0 Å². The van der Waals surface area contributed by atoms with Gasteiger partial charge < -0.3 is 14.9 Å². The van der Waals surface area contributed by atoms with E-state index < -0.39 is 5.97 Å². The van der Waals surface area contributed by atoms with Gasteiger partial charge in [-0.15, -0.1) is 0 Å². The minimum absolute atomic E-state index is 0.0247. The number of rotatable bonds is 5. The maximum Gasteiger partial charge on any atom is 0.303 e. The molecule has 1 rings (SSSR count). The van der Waals surface area contributed by atoms with Crippen molar-refractivity contribution in [2.45, 2.75) is 32.7 Å². The summed E-state index contributed by atoms with van der Waals surface area (Å²) in [6, 6.07) is 1.31. The van der Waals surface area contributed by atoms with E-state index in [9.17, 15) is 9.59 Å². The fraction of sp³-hybridized carbons (Fsp3) is 0.500. The van der Waals surface area contributed by atoms with Gasteiger partial charge in [0, 0.05) is 18.5 Å². The van der Waals surface area contributed by atoms with E-state index in [-0.39, 0.29) is 24.1 Å². The molecule has 0 bridgehead atoms. The molecule has 0 radical (unpaired) electrons.